The lowest BCUT2D eigenvalue weighted by Crippen LogP contribution is -2.41. The molecule has 1 aliphatic rings. The third kappa shape index (κ3) is 2.71. The van der Waals surface area contributed by atoms with Crippen LogP contribution >= 0.6 is 0 Å². The predicted molar refractivity (Wildman–Crippen MR) is 66.2 cm³/mol. The van der Waals surface area contributed by atoms with Gasteiger partial charge in [0, 0.05) is 6.04 Å². The minimum Gasteiger partial charge on any atom is -0.391 e. The van der Waals surface area contributed by atoms with Crippen LogP contribution in [0.3, 0.4) is 0 Å². The van der Waals surface area contributed by atoms with Crippen LogP contribution in [0, 0.1) is 0 Å². The summed E-state index contributed by atoms with van der Waals surface area (Å²) < 4.78 is 0. The van der Waals surface area contributed by atoms with E-state index >= 15 is 0 Å². The fourth-order valence-corrected chi connectivity index (χ4v) is 2.11. The Morgan fingerprint density at radius 1 is 1.31 bits per heavy atom. The fraction of sp³-hybridized carbons (Fsp3) is 0.429. The number of rotatable bonds is 3. The molecule has 0 spiro atoms. The van der Waals surface area contributed by atoms with E-state index in [2.05, 4.69) is 36.5 Å². The second-order valence-electron chi connectivity index (χ2n) is 4.40. The van der Waals surface area contributed by atoms with E-state index in [1.165, 1.54) is 5.56 Å². The Bertz CT molecular complexity index is 347. The highest BCUT2D eigenvalue weighted by Gasteiger charge is 2.20. The Kier molecular flexibility index (Phi) is 3.75. The minimum absolute atomic E-state index is 0.0870. The quantitative estimate of drug-likeness (QED) is 0.762. The molecule has 0 aliphatic heterocycles. The minimum atomic E-state index is -0.254. The van der Waals surface area contributed by atoms with Crippen molar-refractivity contribution in [2.45, 2.75) is 38.0 Å². The Balaban J connectivity index is 1.99. The number of aliphatic hydroxyl groups is 1. The molecule has 0 bridgehead atoms. The van der Waals surface area contributed by atoms with E-state index in [-0.39, 0.29) is 18.2 Å². The Morgan fingerprint density at radius 3 is 2.75 bits per heavy atom. The van der Waals surface area contributed by atoms with Crippen molar-refractivity contribution in [2.75, 3.05) is 0 Å². The van der Waals surface area contributed by atoms with Crippen LogP contribution in [0.4, 0.5) is 0 Å². The molecule has 2 heteroatoms. The van der Waals surface area contributed by atoms with Gasteiger partial charge in [-0.25, -0.2) is 0 Å². The van der Waals surface area contributed by atoms with Crippen molar-refractivity contribution in [2.24, 2.45) is 0 Å². The van der Waals surface area contributed by atoms with Gasteiger partial charge in [0.2, 0.25) is 0 Å². The SMILES string of the molecule is C[C@@H](N[C@@H]1C=CCC[C@H]1O)c1ccccc1. The zero-order chi connectivity index (χ0) is 11.4. The van der Waals surface area contributed by atoms with E-state index in [4.69, 9.17) is 0 Å². The van der Waals surface area contributed by atoms with Crippen molar-refractivity contribution in [3.8, 4) is 0 Å². The number of hydrogen-bond donors (Lipinski definition) is 2. The first-order valence-corrected chi connectivity index (χ1v) is 5.93. The highest BCUT2D eigenvalue weighted by molar-refractivity contribution is 5.19. The van der Waals surface area contributed by atoms with Crippen LogP contribution in [0.5, 0.6) is 0 Å². The molecule has 0 fully saturated rings. The van der Waals surface area contributed by atoms with Gasteiger partial charge in [-0.05, 0) is 25.3 Å². The summed E-state index contributed by atoms with van der Waals surface area (Å²) in [4.78, 5) is 0. The van der Waals surface area contributed by atoms with Gasteiger partial charge in [-0.2, -0.15) is 0 Å². The summed E-state index contributed by atoms with van der Waals surface area (Å²) in [6.07, 6.45) is 5.81. The lowest BCUT2D eigenvalue weighted by atomic mass is 9.97. The molecule has 0 aromatic heterocycles. The van der Waals surface area contributed by atoms with Gasteiger partial charge in [-0.1, -0.05) is 42.5 Å². The normalized spacial score (nSPS) is 26.6. The van der Waals surface area contributed by atoms with E-state index in [9.17, 15) is 5.11 Å². The zero-order valence-corrected chi connectivity index (χ0v) is 9.63. The first kappa shape index (κ1) is 11.4. The molecule has 0 saturated heterocycles. The summed E-state index contributed by atoms with van der Waals surface area (Å²) in [7, 11) is 0. The van der Waals surface area contributed by atoms with Crippen LogP contribution in [0.25, 0.3) is 0 Å². The molecule has 1 aliphatic carbocycles. The van der Waals surface area contributed by atoms with Gasteiger partial charge in [-0.15, -0.1) is 0 Å². The number of allylic oxidation sites excluding steroid dienone is 1. The van der Waals surface area contributed by atoms with E-state index in [1.54, 1.807) is 0 Å². The van der Waals surface area contributed by atoms with Gasteiger partial charge in [0.15, 0.2) is 0 Å². The first-order chi connectivity index (χ1) is 7.77. The number of nitrogens with one attached hydrogen (secondary N) is 1. The lowest BCUT2D eigenvalue weighted by Gasteiger charge is -2.27. The molecule has 86 valence electrons. The van der Waals surface area contributed by atoms with Gasteiger partial charge in [0.1, 0.15) is 0 Å². The molecule has 2 rings (SSSR count). The molecule has 2 nitrogen and oxygen atoms in total. The van der Waals surface area contributed by atoms with Crippen LogP contribution in [0.2, 0.25) is 0 Å². The van der Waals surface area contributed by atoms with Crippen molar-refractivity contribution >= 4 is 0 Å². The molecule has 1 aromatic carbocycles. The topological polar surface area (TPSA) is 32.3 Å². The molecule has 0 amide bonds. The maximum atomic E-state index is 9.85. The van der Waals surface area contributed by atoms with Crippen LogP contribution in [-0.2, 0) is 0 Å². The van der Waals surface area contributed by atoms with Crippen LogP contribution in [0.15, 0.2) is 42.5 Å². The van der Waals surface area contributed by atoms with Crippen molar-refractivity contribution in [1.29, 1.82) is 0 Å². The molecular weight excluding hydrogens is 198 g/mol. The summed E-state index contributed by atoms with van der Waals surface area (Å²) in [6.45, 7) is 2.13. The molecule has 0 saturated carbocycles. The van der Waals surface area contributed by atoms with E-state index in [0.717, 1.165) is 12.8 Å². The number of hydrogen-bond acceptors (Lipinski definition) is 2. The van der Waals surface area contributed by atoms with Crippen LogP contribution in [0.1, 0.15) is 31.4 Å². The van der Waals surface area contributed by atoms with E-state index in [0.29, 0.717) is 0 Å². The van der Waals surface area contributed by atoms with Crippen LogP contribution < -0.4 is 5.32 Å². The van der Waals surface area contributed by atoms with Gasteiger partial charge in [0.05, 0.1) is 12.1 Å². The van der Waals surface area contributed by atoms with Crippen molar-refractivity contribution in [3.63, 3.8) is 0 Å². The van der Waals surface area contributed by atoms with Crippen LogP contribution in [-0.4, -0.2) is 17.3 Å². The van der Waals surface area contributed by atoms with Crippen molar-refractivity contribution in [1.82, 2.24) is 5.32 Å². The first-order valence-electron chi connectivity index (χ1n) is 5.93. The summed E-state index contributed by atoms with van der Waals surface area (Å²) in [5.41, 5.74) is 1.26. The Hall–Kier alpha value is -1.12. The van der Waals surface area contributed by atoms with E-state index in [1.807, 2.05) is 18.2 Å². The predicted octanol–water partition coefficient (Wildman–Crippen LogP) is 2.42. The molecule has 0 radical (unpaired) electrons. The summed E-state index contributed by atoms with van der Waals surface area (Å²) in [6, 6.07) is 10.7. The summed E-state index contributed by atoms with van der Waals surface area (Å²) in [5, 5.41) is 13.3. The van der Waals surface area contributed by atoms with Gasteiger partial charge < -0.3 is 10.4 Å². The smallest absolute Gasteiger partial charge is 0.0732 e. The van der Waals surface area contributed by atoms with Gasteiger partial charge >= 0.3 is 0 Å². The third-order valence-corrected chi connectivity index (χ3v) is 3.13. The molecule has 0 unspecified atom stereocenters. The second kappa shape index (κ2) is 5.28. The van der Waals surface area contributed by atoms with Gasteiger partial charge in [0.25, 0.3) is 0 Å². The molecule has 1 aromatic rings. The highest BCUT2D eigenvalue weighted by Crippen LogP contribution is 2.17. The maximum absolute atomic E-state index is 9.85. The van der Waals surface area contributed by atoms with Crippen molar-refractivity contribution < 1.29 is 5.11 Å². The average Bonchev–Trinajstić information content (AvgIpc) is 2.33. The lowest BCUT2D eigenvalue weighted by molar-refractivity contribution is 0.127. The number of aliphatic hydroxyl groups excluding tert-OH is 1. The molecule has 3 atom stereocenters. The third-order valence-electron chi connectivity index (χ3n) is 3.13. The number of benzene rings is 1. The largest absolute Gasteiger partial charge is 0.391 e. The summed E-state index contributed by atoms with van der Waals surface area (Å²) in [5.74, 6) is 0. The molecule has 2 N–H and O–H groups in total. The molecular formula is C14H19NO. The Labute approximate surface area is 97.0 Å². The highest BCUT2D eigenvalue weighted by atomic mass is 16.3. The monoisotopic (exact) mass is 217 g/mol. The fourth-order valence-electron chi connectivity index (χ4n) is 2.11. The zero-order valence-electron chi connectivity index (χ0n) is 9.63. The second-order valence-corrected chi connectivity index (χ2v) is 4.40. The standard InChI is InChI=1S/C14H19NO/c1-11(12-7-3-2-4-8-12)15-13-9-5-6-10-14(13)16/h2-5,7-9,11,13-16H,6,10H2,1H3/t11-,13-,14-/m1/s1. The molecule has 16 heavy (non-hydrogen) atoms. The average molecular weight is 217 g/mol. The van der Waals surface area contributed by atoms with Gasteiger partial charge in [-0.3, -0.25) is 0 Å². The molecule has 0 heterocycles. The summed E-state index contributed by atoms with van der Waals surface area (Å²) >= 11 is 0. The maximum Gasteiger partial charge on any atom is 0.0732 e. The van der Waals surface area contributed by atoms with E-state index < -0.39 is 0 Å². The Morgan fingerprint density at radius 2 is 2.06 bits per heavy atom. The van der Waals surface area contributed by atoms with Crippen molar-refractivity contribution in [3.05, 3.63) is 48.0 Å².